The van der Waals surface area contributed by atoms with Gasteiger partial charge in [-0.1, -0.05) is 12.1 Å². The molecule has 0 bridgehead atoms. The zero-order valence-corrected chi connectivity index (χ0v) is 12.9. The maximum absolute atomic E-state index is 11.9. The van der Waals surface area contributed by atoms with E-state index in [1.54, 1.807) is 13.8 Å². The second kappa shape index (κ2) is 5.77. The summed E-state index contributed by atoms with van der Waals surface area (Å²) in [5.74, 6) is 1.16. The van der Waals surface area contributed by atoms with Crippen molar-refractivity contribution in [2.45, 2.75) is 39.3 Å². The molecule has 2 aromatic rings. The van der Waals surface area contributed by atoms with E-state index in [4.69, 9.17) is 14.9 Å². The summed E-state index contributed by atoms with van der Waals surface area (Å²) in [4.78, 5) is 11.9. The topological polar surface area (TPSA) is 77.5 Å². The molecule has 5 heteroatoms. The third-order valence-electron chi connectivity index (χ3n) is 3.19. The summed E-state index contributed by atoms with van der Waals surface area (Å²) in [5, 5.41) is 3.80. The van der Waals surface area contributed by atoms with Gasteiger partial charge in [0.15, 0.2) is 11.3 Å². The lowest BCUT2D eigenvalue weighted by Crippen LogP contribution is -2.49. The molecule has 0 radical (unpaired) electrons. The Morgan fingerprint density at radius 1 is 1.48 bits per heavy atom. The number of hydrogen-bond acceptors (Lipinski definition) is 4. The molecule has 0 aliphatic carbocycles. The Balaban J connectivity index is 2.26. The Labute approximate surface area is 124 Å². The van der Waals surface area contributed by atoms with Gasteiger partial charge in [0.1, 0.15) is 5.76 Å². The van der Waals surface area contributed by atoms with Gasteiger partial charge in [-0.3, -0.25) is 4.79 Å². The van der Waals surface area contributed by atoms with Crippen molar-refractivity contribution in [3.05, 3.63) is 30.0 Å². The van der Waals surface area contributed by atoms with Gasteiger partial charge in [-0.05, 0) is 39.8 Å². The highest BCUT2D eigenvalue weighted by Gasteiger charge is 2.25. The average molecular weight is 290 g/mol. The fraction of sp³-hybridized carbons (Fsp3) is 0.438. The Morgan fingerprint density at radius 3 is 2.81 bits per heavy atom. The average Bonchev–Trinajstić information content (AvgIpc) is 2.83. The number of rotatable bonds is 5. The lowest BCUT2D eigenvalue weighted by Gasteiger charge is -2.20. The van der Waals surface area contributed by atoms with Gasteiger partial charge in [0.2, 0.25) is 5.91 Å². The first-order valence-electron chi connectivity index (χ1n) is 7.08. The highest BCUT2D eigenvalue weighted by molar-refractivity contribution is 5.86. The van der Waals surface area contributed by atoms with E-state index in [1.165, 1.54) is 0 Å². The molecule has 1 amide bonds. The van der Waals surface area contributed by atoms with Crippen LogP contribution in [0.1, 0.15) is 39.5 Å². The number of hydrogen-bond donors (Lipinski definition) is 2. The minimum atomic E-state index is -0.920. The fourth-order valence-corrected chi connectivity index (χ4v) is 1.99. The summed E-state index contributed by atoms with van der Waals surface area (Å²) in [6.45, 7) is 7.70. The predicted octanol–water partition coefficient (Wildman–Crippen LogP) is 2.75. The van der Waals surface area contributed by atoms with Crippen molar-refractivity contribution in [2.75, 3.05) is 6.61 Å². The maximum atomic E-state index is 11.9. The van der Waals surface area contributed by atoms with Crippen LogP contribution in [0.4, 0.5) is 0 Å². The number of fused-ring (bicyclic) bond motifs is 1. The van der Waals surface area contributed by atoms with Crippen LogP contribution >= 0.6 is 0 Å². The molecule has 0 aliphatic rings. The number of ether oxygens (including phenoxy) is 1. The van der Waals surface area contributed by atoms with Gasteiger partial charge in [-0.15, -0.1) is 0 Å². The molecule has 0 saturated carbocycles. The van der Waals surface area contributed by atoms with Crippen molar-refractivity contribution in [1.82, 2.24) is 5.32 Å². The molecule has 1 aromatic carbocycles. The summed E-state index contributed by atoms with van der Waals surface area (Å²) in [7, 11) is 0. The molecular weight excluding hydrogens is 268 g/mol. The molecule has 5 nitrogen and oxygen atoms in total. The minimum Gasteiger partial charge on any atom is -0.490 e. The Morgan fingerprint density at radius 2 is 2.19 bits per heavy atom. The van der Waals surface area contributed by atoms with Crippen molar-refractivity contribution >= 4 is 16.9 Å². The largest absolute Gasteiger partial charge is 0.490 e. The SMILES string of the molecule is CCOc1cccc2cc(C(C)NC(=O)C(C)(C)N)oc12. The summed E-state index contributed by atoms with van der Waals surface area (Å²) in [6.07, 6.45) is 0. The first-order valence-corrected chi connectivity index (χ1v) is 7.08. The monoisotopic (exact) mass is 290 g/mol. The van der Waals surface area contributed by atoms with Crippen LogP contribution in [0.15, 0.2) is 28.7 Å². The normalized spacial score (nSPS) is 13.2. The number of carbonyl (C=O) groups excluding carboxylic acids is 1. The van der Waals surface area contributed by atoms with Crippen LogP contribution in [-0.4, -0.2) is 18.1 Å². The third-order valence-corrected chi connectivity index (χ3v) is 3.19. The molecule has 3 N–H and O–H groups in total. The van der Waals surface area contributed by atoms with Gasteiger partial charge in [0, 0.05) is 5.39 Å². The van der Waals surface area contributed by atoms with E-state index in [0.29, 0.717) is 23.7 Å². The lowest BCUT2D eigenvalue weighted by atomic mass is 10.1. The molecule has 0 fully saturated rings. The van der Waals surface area contributed by atoms with Crippen LogP contribution in [-0.2, 0) is 4.79 Å². The molecule has 1 heterocycles. The smallest absolute Gasteiger partial charge is 0.240 e. The van der Waals surface area contributed by atoms with E-state index in [9.17, 15) is 4.79 Å². The summed E-state index contributed by atoms with van der Waals surface area (Å²) >= 11 is 0. The van der Waals surface area contributed by atoms with Crippen LogP contribution in [0.2, 0.25) is 0 Å². The van der Waals surface area contributed by atoms with Crippen molar-refractivity contribution in [1.29, 1.82) is 0 Å². The van der Waals surface area contributed by atoms with Crippen molar-refractivity contribution < 1.29 is 13.9 Å². The summed E-state index contributed by atoms with van der Waals surface area (Å²) < 4.78 is 11.4. The maximum Gasteiger partial charge on any atom is 0.240 e. The van der Waals surface area contributed by atoms with Crippen molar-refractivity contribution in [2.24, 2.45) is 5.73 Å². The van der Waals surface area contributed by atoms with Gasteiger partial charge in [-0.25, -0.2) is 0 Å². The number of amides is 1. The minimum absolute atomic E-state index is 0.222. The number of benzene rings is 1. The number of nitrogens with two attached hydrogens (primary N) is 1. The second-order valence-corrected chi connectivity index (χ2v) is 5.67. The molecule has 0 spiro atoms. The summed E-state index contributed by atoms with van der Waals surface area (Å²) in [6, 6.07) is 7.38. The Hall–Kier alpha value is -2.01. The van der Waals surface area contributed by atoms with Gasteiger partial charge in [0.05, 0.1) is 18.2 Å². The fourth-order valence-electron chi connectivity index (χ4n) is 1.99. The molecule has 114 valence electrons. The lowest BCUT2D eigenvalue weighted by molar-refractivity contribution is -0.126. The van der Waals surface area contributed by atoms with Gasteiger partial charge in [0.25, 0.3) is 0 Å². The van der Waals surface area contributed by atoms with E-state index in [2.05, 4.69) is 5.32 Å². The summed E-state index contributed by atoms with van der Waals surface area (Å²) in [5.41, 5.74) is 5.56. The number of furan rings is 1. The molecular formula is C16H22N2O3. The molecule has 1 atom stereocenters. The quantitative estimate of drug-likeness (QED) is 0.887. The van der Waals surface area contributed by atoms with E-state index < -0.39 is 5.54 Å². The number of para-hydroxylation sites is 1. The standard InChI is InChI=1S/C16H22N2O3/c1-5-20-12-8-6-7-11-9-13(21-14(11)12)10(2)18-15(19)16(3,4)17/h6-10H,5,17H2,1-4H3,(H,18,19). The van der Waals surface area contributed by atoms with Crippen LogP contribution in [0.3, 0.4) is 0 Å². The van der Waals surface area contributed by atoms with Crippen LogP contribution < -0.4 is 15.8 Å². The molecule has 1 aromatic heterocycles. The highest BCUT2D eigenvalue weighted by atomic mass is 16.5. The van der Waals surface area contributed by atoms with Crippen molar-refractivity contribution in [3.8, 4) is 5.75 Å². The Bertz CT molecular complexity index is 640. The van der Waals surface area contributed by atoms with E-state index >= 15 is 0 Å². The first-order chi connectivity index (χ1) is 9.82. The third kappa shape index (κ3) is 3.36. The predicted molar refractivity (Wildman–Crippen MR) is 82.2 cm³/mol. The zero-order valence-electron chi connectivity index (χ0n) is 12.9. The van der Waals surface area contributed by atoms with Crippen LogP contribution in [0.25, 0.3) is 11.0 Å². The van der Waals surface area contributed by atoms with E-state index in [-0.39, 0.29) is 11.9 Å². The van der Waals surface area contributed by atoms with Crippen LogP contribution in [0.5, 0.6) is 5.75 Å². The molecule has 0 saturated heterocycles. The van der Waals surface area contributed by atoms with E-state index in [0.717, 1.165) is 5.39 Å². The number of carbonyl (C=O) groups is 1. The number of nitrogens with one attached hydrogen (secondary N) is 1. The Kier molecular flexibility index (Phi) is 4.23. The first kappa shape index (κ1) is 15.4. The molecule has 0 aliphatic heterocycles. The van der Waals surface area contributed by atoms with Gasteiger partial charge >= 0.3 is 0 Å². The molecule has 1 unspecified atom stereocenters. The molecule has 21 heavy (non-hydrogen) atoms. The van der Waals surface area contributed by atoms with Crippen molar-refractivity contribution in [3.63, 3.8) is 0 Å². The zero-order chi connectivity index (χ0) is 15.6. The van der Waals surface area contributed by atoms with E-state index in [1.807, 2.05) is 38.1 Å². The molecule has 2 rings (SSSR count). The second-order valence-electron chi connectivity index (χ2n) is 5.67. The van der Waals surface area contributed by atoms with Gasteiger partial charge < -0.3 is 20.2 Å². The highest BCUT2D eigenvalue weighted by Crippen LogP contribution is 2.31. The van der Waals surface area contributed by atoms with Gasteiger partial charge in [-0.2, -0.15) is 0 Å². The van der Waals surface area contributed by atoms with Crippen LogP contribution in [0, 0.1) is 0 Å².